The van der Waals surface area contributed by atoms with E-state index in [4.69, 9.17) is 0 Å². The minimum atomic E-state index is 0.141. The van der Waals surface area contributed by atoms with Gasteiger partial charge in [0.2, 0.25) is 5.91 Å². The van der Waals surface area contributed by atoms with Crippen molar-refractivity contribution in [3.63, 3.8) is 0 Å². The third kappa shape index (κ3) is 3.83. The summed E-state index contributed by atoms with van der Waals surface area (Å²) in [5, 5.41) is 2.05. The number of aromatic nitrogens is 1. The highest BCUT2D eigenvalue weighted by molar-refractivity contribution is 7.07. The first kappa shape index (κ1) is 16.5. The number of amides is 1. The fraction of sp³-hybridized carbons (Fsp3) is 0.400. The molecule has 0 saturated carbocycles. The summed E-state index contributed by atoms with van der Waals surface area (Å²) < 4.78 is 0. The van der Waals surface area contributed by atoms with Gasteiger partial charge in [-0.15, -0.1) is 11.3 Å². The lowest BCUT2D eigenvalue weighted by Gasteiger charge is -2.35. The van der Waals surface area contributed by atoms with Crippen LogP contribution in [0, 0.1) is 5.92 Å². The van der Waals surface area contributed by atoms with Crippen LogP contribution in [0.4, 0.5) is 0 Å². The molecule has 5 rings (SSSR count). The molecule has 2 atom stereocenters. The van der Waals surface area contributed by atoms with Crippen LogP contribution in [-0.4, -0.2) is 46.4 Å². The molecule has 1 aromatic heterocycles. The zero-order valence-electron chi connectivity index (χ0n) is 14.3. The van der Waals surface area contributed by atoms with Crippen molar-refractivity contribution in [3.05, 3.63) is 58.6 Å². The molecular formula is C20H23N3OS. The van der Waals surface area contributed by atoms with E-state index >= 15 is 0 Å². The average molecular weight is 353 g/mol. The molecule has 0 N–H and O–H groups in total. The predicted octanol–water partition coefficient (Wildman–Crippen LogP) is 3.28. The summed E-state index contributed by atoms with van der Waals surface area (Å²) in [5.74, 6) is 0.460. The maximum atomic E-state index is 12.8. The lowest BCUT2D eigenvalue weighted by molar-refractivity contribution is -0.140. The smallest absolute Gasteiger partial charge is 0.227 e. The standard InChI is InChI=1S/C20H23N3OS/c24-20-17-8-9-19(23(20)12-18-14-25-15-21-18)13-22(11-17)10-4-7-16-5-2-1-3-6-16/h1-7,14-15,17,19H,8-13H2/t17-,19+/m0/s1. The summed E-state index contributed by atoms with van der Waals surface area (Å²) in [6, 6.07) is 10.7. The molecular weight excluding hydrogens is 330 g/mol. The van der Waals surface area contributed by atoms with E-state index in [1.54, 1.807) is 11.3 Å². The molecule has 0 radical (unpaired) electrons. The van der Waals surface area contributed by atoms with Gasteiger partial charge in [0.05, 0.1) is 23.7 Å². The monoisotopic (exact) mass is 353 g/mol. The SMILES string of the molecule is O=C1[C@H]2CC[C@H](CN(CC=Cc3ccccc3)C2)N1Cc1cscn1. The van der Waals surface area contributed by atoms with Crippen LogP contribution in [0.3, 0.4) is 0 Å². The van der Waals surface area contributed by atoms with Crippen molar-refractivity contribution in [2.24, 2.45) is 5.92 Å². The molecule has 0 unspecified atom stereocenters. The zero-order valence-corrected chi connectivity index (χ0v) is 15.1. The highest BCUT2D eigenvalue weighted by Gasteiger charge is 2.40. The summed E-state index contributed by atoms with van der Waals surface area (Å²) in [4.78, 5) is 21.7. The van der Waals surface area contributed by atoms with Crippen LogP contribution in [0.1, 0.15) is 24.1 Å². The molecule has 1 aromatic carbocycles. The summed E-state index contributed by atoms with van der Waals surface area (Å²) in [6.07, 6.45) is 6.52. The second-order valence-corrected chi connectivity index (χ2v) is 7.62. The third-order valence-electron chi connectivity index (χ3n) is 5.16. The van der Waals surface area contributed by atoms with Crippen molar-refractivity contribution in [1.82, 2.24) is 14.8 Å². The van der Waals surface area contributed by atoms with Crippen molar-refractivity contribution in [1.29, 1.82) is 0 Å². The summed E-state index contributed by atoms with van der Waals surface area (Å²) in [7, 11) is 0. The van der Waals surface area contributed by atoms with Crippen LogP contribution in [0.25, 0.3) is 6.08 Å². The molecule has 2 aromatic rings. The van der Waals surface area contributed by atoms with E-state index in [9.17, 15) is 4.79 Å². The zero-order chi connectivity index (χ0) is 17.1. The minimum Gasteiger partial charge on any atom is -0.332 e. The number of thiazole rings is 1. The minimum absolute atomic E-state index is 0.141. The molecule has 25 heavy (non-hydrogen) atoms. The van der Waals surface area contributed by atoms with Crippen molar-refractivity contribution in [3.8, 4) is 0 Å². The molecule has 0 aliphatic carbocycles. The Kier molecular flexibility index (Phi) is 4.95. The number of carbonyl (C=O) groups excluding carboxylic acids is 1. The van der Waals surface area contributed by atoms with Gasteiger partial charge in [-0.1, -0.05) is 42.5 Å². The quantitative estimate of drug-likeness (QED) is 0.828. The summed E-state index contributed by atoms with van der Waals surface area (Å²) in [5.41, 5.74) is 4.08. The van der Waals surface area contributed by atoms with Gasteiger partial charge in [0.15, 0.2) is 0 Å². The van der Waals surface area contributed by atoms with Gasteiger partial charge in [-0.05, 0) is 18.4 Å². The van der Waals surface area contributed by atoms with Crippen LogP contribution in [0.2, 0.25) is 0 Å². The predicted molar refractivity (Wildman–Crippen MR) is 101 cm³/mol. The van der Waals surface area contributed by atoms with Crippen LogP contribution >= 0.6 is 11.3 Å². The fourth-order valence-corrected chi connectivity index (χ4v) is 4.43. The summed E-state index contributed by atoms with van der Waals surface area (Å²) >= 11 is 1.60. The van der Waals surface area contributed by atoms with Gasteiger partial charge in [-0.25, -0.2) is 4.98 Å². The summed E-state index contributed by atoms with van der Waals surface area (Å²) in [6.45, 7) is 3.41. The molecule has 1 amide bonds. The maximum Gasteiger partial charge on any atom is 0.227 e. The van der Waals surface area contributed by atoms with Gasteiger partial charge in [0.25, 0.3) is 0 Å². The maximum absolute atomic E-state index is 12.8. The van der Waals surface area contributed by atoms with E-state index in [1.807, 2.05) is 17.0 Å². The topological polar surface area (TPSA) is 36.4 Å². The Morgan fingerprint density at radius 3 is 2.88 bits per heavy atom. The van der Waals surface area contributed by atoms with Crippen LogP contribution in [0.5, 0.6) is 0 Å². The first-order valence-electron chi connectivity index (χ1n) is 8.91. The molecule has 3 saturated heterocycles. The largest absolute Gasteiger partial charge is 0.332 e. The van der Waals surface area contributed by atoms with Crippen LogP contribution in [0.15, 0.2) is 47.3 Å². The van der Waals surface area contributed by atoms with E-state index in [0.717, 1.165) is 38.2 Å². The number of hydrogen-bond donors (Lipinski definition) is 0. The molecule has 130 valence electrons. The van der Waals surface area contributed by atoms with E-state index < -0.39 is 0 Å². The van der Waals surface area contributed by atoms with Crippen molar-refractivity contribution >= 4 is 23.3 Å². The van der Waals surface area contributed by atoms with E-state index in [1.165, 1.54) is 5.56 Å². The molecule has 2 bridgehead atoms. The van der Waals surface area contributed by atoms with E-state index in [2.05, 4.69) is 51.2 Å². The number of nitrogens with zero attached hydrogens (tertiary/aromatic N) is 3. The Hall–Kier alpha value is -1.98. The molecule has 4 heterocycles. The van der Waals surface area contributed by atoms with E-state index in [0.29, 0.717) is 18.5 Å². The Bertz CT molecular complexity index is 729. The molecule has 0 spiro atoms. The lowest BCUT2D eigenvalue weighted by atomic mass is 9.94. The van der Waals surface area contributed by atoms with Crippen LogP contribution in [-0.2, 0) is 11.3 Å². The number of piperidine rings is 1. The Morgan fingerprint density at radius 2 is 2.08 bits per heavy atom. The Balaban J connectivity index is 1.42. The van der Waals surface area contributed by atoms with Crippen LogP contribution < -0.4 is 0 Å². The normalized spacial score (nSPS) is 24.2. The highest BCUT2D eigenvalue weighted by Crippen LogP contribution is 2.30. The van der Waals surface area contributed by atoms with Gasteiger partial charge in [-0.2, -0.15) is 0 Å². The van der Waals surface area contributed by atoms with E-state index in [-0.39, 0.29) is 5.92 Å². The number of fused-ring (bicyclic) bond motifs is 4. The molecule has 3 fully saturated rings. The molecule has 3 aliphatic heterocycles. The number of carbonyl (C=O) groups is 1. The second-order valence-electron chi connectivity index (χ2n) is 6.91. The number of hydrogen-bond acceptors (Lipinski definition) is 4. The first-order chi connectivity index (χ1) is 12.3. The van der Waals surface area contributed by atoms with Gasteiger partial charge in [-0.3, -0.25) is 9.69 Å². The molecule has 3 aliphatic rings. The number of rotatable bonds is 5. The third-order valence-corrected chi connectivity index (χ3v) is 5.79. The van der Waals surface area contributed by atoms with Gasteiger partial charge in [0, 0.05) is 31.1 Å². The first-order valence-corrected chi connectivity index (χ1v) is 9.85. The van der Waals surface area contributed by atoms with Gasteiger partial charge < -0.3 is 4.90 Å². The Labute approximate surface area is 152 Å². The van der Waals surface area contributed by atoms with Crippen molar-refractivity contribution < 1.29 is 4.79 Å². The average Bonchev–Trinajstić information content (AvgIpc) is 3.01. The second kappa shape index (κ2) is 7.50. The molecule has 4 nitrogen and oxygen atoms in total. The van der Waals surface area contributed by atoms with Crippen molar-refractivity contribution in [2.75, 3.05) is 19.6 Å². The fourth-order valence-electron chi connectivity index (χ4n) is 3.88. The molecule has 5 heteroatoms. The number of benzene rings is 1. The Morgan fingerprint density at radius 1 is 1.20 bits per heavy atom. The van der Waals surface area contributed by atoms with Gasteiger partial charge in [0.1, 0.15) is 0 Å². The van der Waals surface area contributed by atoms with Gasteiger partial charge >= 0.3 is 0 Å². The lowest BCUT2D eigenvalue weighted by Crippen LogP contribution is -2.47. The van der Waals surface area contributed by atoms with Crippen molar-refractivity contribution in [2.45, 2.75) is 25.4 Å². The highest BCUT2D eigenvalue weighted by atomic mass is 32.1.